The van der Waals surface area contributed by atoms with Gasteiger partial charge in [0, 0.05) is 42.7 Å². The van der Waals surface area contributed by atoms with Crippen LogP contribution in [0.3, 0.4) is 0 Å². The molecule has 0 radical (unpaired) electrons. The van der Waals surface area contributed by atoms with E-state index >= 15 is 0 Å². The van der Waals surface area contributed by atoms with Crippen molar-refractivity contribution in [1.82, 2.24) is 4.90 Å². The van der Waals surface area contributed by atoms with Crippen molar-refractivity contribution in [2.45, 2.75) is 18.6 Å². The zero-order valence-electron chi connectivity index (χ0n) is 15.9. The van der Waals surface area contributed by atoms with Gasteiger partial charge in [-0.25, -0.2) is 0 Å². The minimum atomic E-state index is -0.167. The monoisotopic (exact) mass is 388 g/mol. The fourth-order valence-corrected chi connectivity index (χ4v) is 4.74. The Morgan fingerprint density at radius 2 is 2.19 bits per heavy atom. The van der Waals surface area contributed by atoms with E-state index in [0.29, 0.717) is 12.5 Å². The number of anilines is 1. The first-order chi connectivity index (χ1) is 13.2. The third-order valence-electron chi connectivity index (χ3n) is 5.36. The van der Waals surface area contributed by atoms with Crippen LogP contribution in [0.25, 0.3) is 0 Å². The van der Waals surface area contributed by atoms with Crippen molar-refractivity contribution in [3.8, 4) is 5.75 Å². The lowest BCUT2D eigenvalue weighted by Gasteiger charge is -2.31. The topological polar surface area (TPSA) is 43.0 Å². The van der Waals surface area contributed by atoms with Crippen LogP contribution in [0.1, 0.15) is 11.3 Å². The summed E-state index contributed by atoms with van der Waals surface area (Å²) in [5, 5.41) is 5.68. The summed E-state index contributed by atoms with van der Waals surface area (Å²) < 4.78 is 17.5. The van der Waals surface area contributed by atoms with Crippen LogP contribution >= 0.6 is 11.3 Å². The highest BCUT2D eigenvalue weighted by Gasteiger charge is 2.43. The Morgan fingerprint density at radius 1 is 1.30 bits per heavy atom. The summed E-state index contributed by atoms with van der Waals surface area (Å²) >= 11 is 1.82. The normalized spacial score (nSPS) is 26.2. The van der Waals surface area contributed by atoms with Crippen molar-refractivity contribution in [3.05, 3.63) is 46.7 Å². The van der Waals surface area contributed by atoms with Gasteiger partial charge in [-0.1, -0.05) is 6.07 Å². The Bertz CT molecular complexity index is 707. The molecule has 0 bridgehead atoms. The third-order valence-corrected chi connectivity index (χ3v) is 6.22. The van der Waals surface area contributed by atoms with Gasteiger partial charge in [0.25, 0.3) is 0 Å². The largest absolute Gasteiger partial charge is 0.497 e. The second-order valence-corrected chi connectivity index (χ2v) is 8.55. The molecule has 1 spiro atoms. The molecule has 0 saturated carbocycles. The number of ether oxygens (including phenoxy) is 3. The molecule has 1 N–H and O–H groups in total. The molecule has 146 valence electrons. The standard InChI is InChI=1S/C21H28N2O3S/c1-24-19-6-4-18(5-7-19)22-12-17-11-21(26-14-17)15-23(8-9-25-16-21)13-20-3-2-10-27-20/h2-7,10,17,22H,8-9,11-16H2,1H3. The van der Waals surface area contributed by atoms with Crippen LogP contribution in [-0.4, -0.2) is 57.1 Å². The van der Waals surface area contributed by atoms with Gasteiger partial charge in [-0.3, -0.25) is 4.90 Å². The van der Waals surface area contributed by atoms with E-state index < -0.39 is 0 Å². The fraction of sp³-hybridized carbons (Fsp3) is 0.524. The number of nitrogens with one attached hydrogen (secondary N) is 1. The number of hydrogen-bond donors (Lipinski definition) is 1. The van der Waals surface area contributed by atoms with Crippen LogP contribution in [-0.2, 0) is 16.0 Å². The van der Waals surface area contributed by atoms with Gasteiger partial charge in [0.1, 0.15) is 11.4 Å². The second kappa shape index (κ2) is 8.61. The van der Waals surface area contributed by atoms with Crippen LogP contribution in [0.15, 0.2) is 41.8 Å². The molecular formula is C21H28N2O3S. The highest BCUT2D eigenvalue weighted by Crippen LogP contribution is 2.33. The van der Waals surface area contributed by atoms with Gasteiger partial charge in [0.15, 0.2) is 0 Å². The summed E-state index contributed by atoms with van der Waals surface area (Å²) in [4.78, 5) is 3.89. The summed E-state index contributed by atoms with van der Waals surface area (Å²) in [5.74, 6) is 1.38. The van der Waals surface area contributed by atoms with Gasteiger partial charge < -0.3 is 19.5 Å². The number of methoxy groups -OCH3 is 1. The maximum Gasteiger partial charge on any atom is 0.119 e. The first kappa shape index (κ1) is 18.7. The maximum atomic E-state index is 6.33. The summed E-state index contributed by atoms with van der Waals surface area (Å²) in [6, 6.07) is 12.4. The summed E-state index contributed by atoms with van der Waals surface area (Å²) in [7, 11) is 1.69. The Hall–Kier alpha value is -1.60. The van der Waals surface area contributed by atoms with E-state index in [-0.39, 0.29) is 5.60 Å². The van der Waals surface area contributed by atoms with E-state index in [1.165, 1.54) is 4.88 Å². The van der Waals surface area contributed by atoms with Crippen LogP contribution in [0, 0.1) is 5.92 Å². The molecule has 2 unspecified atom stereocenters. The van der Waals surface area contributed by atoms with Crippen molar-refractivity contribution in [3.63, 3.8) is 0 Å². The number of rotatable bonds is 6. The van der Waals surface area contributed by atoms with E-state index in [0.717, 1.165) is 57.3 Å². The first-order valence-electron chi connectivity index (χ1n) is 9.59. The van der Waals surface area contributed by atoms with E-state index in [1.54, 1.807) is 7.11 Å². The summed E-state index contributed by atoms with van der Waals surface area (Å²) in [6.45, 7) is 6.10. The Labute approximate surface area is 165 Å². The minimum Gasteiger partial charge on any atom is -0.497 e. The minimum absolute atomic E-state index is 0.167. The smallest absolute Gasteiger partial charge is 0.119 e. The number of benzene rings is 1. The predicted octanol–water partition coefficient (Wildman–Crippen LogP) is 3.48. The van der Waals surface area contributed by atoms with Crippen LogP contribution in [0.4, 0.5) is 5.69 Å². The number of hydrogen-bond acceptors (Lipinski definition) is 6. The van der Waals surface area contributed by atoms with Crippen molar-refractivity contribution < 1.29 is 14.2 Å². The van der Waals surface area contributed by atoms with Gasteiger partial charge in [-0.2, -0.15) is 0 Å². The molecule has 6 heteroatoms. The Morgan fingerprint density at radius 3 is 2.96 bits per heavy atom. The van der Waals surface area contributed by atoms with Gasteiger partial charge in [0.05, 0.1) is 26.9 Å². The Kier molecular flexibility index (Phi) is 5.98. The SMILES string of the molecule is COc1ccc(NCC2COC3(COCCN(Cc4cccs4)C3)C2)cc1. The van der Waals surface area contributed by atoms with Crippen LogP contribution in [0.2, 0.25) is 0 Å². The molecule has 5 nitrogen and oxygen atoms in total. The van der Waals surface area contributed by atoms with Crippen molar-refractivity contribution >= 4 is 17.0 Å². The molecule has 2 aromatic rings. The molecular weight excluding hydrogens is 360 g/mol. The predicted molar refractivity (Wildman–Crippen MR) is 109 cm³/mol. The van der Waals surface area contributed by atoms with Crippen molar-refractivity contribution in [2.75, 3.05) is 51.9 Å². The van der Waals surface area contributed by atoms with Gasteiger partial charge in [0.2, 0.25) is 0 Å². The quantitative estimate of drug-likeness (QED) is 0.821. The molecule has 2 aliphatic rings. The maximum absolute atomic E-state index is 6.33. The van der Waals surface area contributed by atoms with Crippen LogP contribution < -0.4 is 10.1 Å². The molecule has 27 heavy (non-hydrogen) atoms. The van der Waals surface area contributed by atoms with Crippen molar-refractivity contribution in [2.24, 2.45) is 5.92 Å². The highest BCUT2D eigenvalue weighted by atomic mass is 32.1. The number of thiophene rings is 1. The average molecular weight is 389 g/mol. The molecule has 1 aromatic carbocycles. The van der Waals surface area contributed by atoms with E-state index in [4.69, 9.17) is 14.2 Å². The second-order valence-electron chi connectivity index (χ2n) is 7.52. The first-order valence-corrected chi connectivity index (χ1v) is 10.5. The van der Waals surface area contributed by atoms with Gasteiger partial charge in [-0.05, 0) is 42.1 Å². The zero-order chi connectivity index (χ0) is 18.5. The molecule has 0 aliphatic carbocycles. The number of nitrogens with zero attached hydrogens (tertiary/aromatic N) is 1. The van der Waals surface area contributed by atoms with E-state index in [1.807, 2.05) is 23.5 Å². The Balaban J connectivity index is 1.32. The van der Waals surface area contributed by atoms with Crippen molar-refractivity contribution in [1.29, 1.82) is 0 Å². The summed E-state index contributed by atoms with van der Waals surface area (Å²) in [5.41, 5.74) is 0.952. The van der Waals surface area contributed by atoms with Gasteiger partial charge >= 0.3 is 0 Å². The summed E-state index contributed by atoms with van der Waals surface area (Å²) in [6.07, 6.45) is 1.04. The van der Waals surface area contributed by atoms with Gasteiger partial charge in [-0.15, -0.1) is 11.3 Å². The molecule has 3 heterocycles. The third kappa shape index (κ3) is 4.82. The molecule has 4 rings (SSSR count). The molecule has 0 amide bonds. The molecule has 1 aromatic heterocycles. The highest BCUT2D eigenvalue weighted by molar-refractivity contribution is 7.09. The van der Waals surface area contributed by atoms with E-state index in [9.17, 15) is 0 Å². The molecule has 2 atom stereocenters. The average Bonchev–Trinajstić information content (AvgIpc) is 3.29. The molecule has 2 saturated heterocycles. The zero-order valence-corrected chi connectivity index (χ0v) is 16.7. The lowest BCUT2D eigenvalue weighted by atomic mass is 9.94. The lowest BCUT2D eigenvalue weighted by molar-refractivity contribution is -0.0561. The lowest BCUT2D eigenvalue weighted by Crippen LogP contribution is -2.43. The fourth-order valence-electron chi connectivity index (χ4n) is 3.99. The molecule has 2 fully saturated rings. The molecule has 2 aliphatic heterocycles. The van der Waals surface area contributed by atoms with Crippen LogP contribution in [0.5, 0.6) is 5.75 Å². The van der Waals surface area contributed by atoms with E-state index in [2.05, 4.69) is 39.9 Å².